The number of thiophene rings is 1. The van der Waals surface area contributed by atoms with Crippen LogP contribution in [0.4, 0.5) is 9.80 Å². The molecule has 2 aromatic rings. The maximum atomic E-state index is 12.8. The van der Waals surface area contributed by atoms with Crippen molar-refractivity contribution in [2.75, 3.05) is 11.9 Å². The number of amides is 3. The van der Waals surface area contributed by atoms with Crippen LogP contribution in [-0.4, -0.2) is 24.5 Å². The summed E-state index contributed by atoms with van der Waals surface area (Å²) >= 11 is 1.43. The molecule has 1 aromatic heterocycles. The van der Waals surface area contributed by atoms with E-state index in [0.29, 0.717) is 16.1 Å². The molecule has 1 aliphatic carbocycles. The Bertz CT molecular complexity index is 904. The second-order valence-electron chi connectivity index (χ2n) is 6.77. The SMILES string of the molecule is CCOC(=O)NC(=O)c1c(NC(=O)c2cccc(C)c2)sc2c1CCCCC2. The fourth-order valence-corrected chi connectivity index (χ4v) is 4.64. The molecule has 1 aliphatic rings. The van der Waals surface area contributed by atoms with Crippen LogP contribution < -0.4 is 10.6 Å². The predicted molar refractivity (Wildman–Crippen MR) is 109 cm³/mol. The van der Waals surface area contributed by atoms with Crippen molar-refractivity contribution in [2.45, 2.75) is 46.0 Å². The van der Waals surface area contributed by atoms with Crippen molar-refractivity contribution in [2.24, 2.45) is 0 Å². The first-order chi connectivity index (χ1) is 13.5. The van der Waals surface area contributed by atoms with Crippen LogP contribution in [0.2, 0.25) is 0 Å². The van der Waals surface area contributed by atoms with Crippen molar-refractivity contribution in [3.05, 3.63) is 51.4 Å². The van der Waals surface area contributed by atoms with E-state index in [-0.39, 0.29) is 12.5 Å². The first-order valence-corrected chi connectivity index (χ1v) is 10.3. The lowest BCUT2D eigenvalue weighted by Gasteiger charge is -2.10. The standard InChI is InChI=1S/C21H24N2O4S/c1-3-27-21(26)23-19(25)17-15-10-5-4-6-11-16(15)28-20(17)22-18(24)14-9-7-8-13(2)12-14/h7-9,12H,3-6,10-11H2,1-2H3,(H,22,24)(H,23,25,26). The highest BCUT2D eigenvalue weighted by Crippen LogP contribution is 2.37. The minimum Gasteiger partial charge on any atom is -0.450 e. The van der Waals surface area contributed by atoms with Gasteiger partial charge in [0.2, 0.25) is 0 Å². The molecule has 0 fully saturated rings. The quantitative estimate of drug-likeness (QED) is 0.742. The lowest BCUT2D eigenvalue weighted by molar-refractivity contribution is 0.0925. The molecule has 1 aromatic carbocycles. The molecule has 6 nitrogen and oxygen atoms in total. The summed E-state index contributed by atoms with van der Waals surface area (Å²) in [6.45, 7) is 3.77. The fourth-order valence-electron chi connectivity index (χ4n) is 3.35. The topological polar surface area (TPSA) is 84.5 Å². The molecule has 28 heavy (non-hydrogen) atoms. The zero-order valence-corrected chi connectivity index (χ0v) is 16.9. The van der Waals surface area contributed by atoms with Crippen LogP contribution in [0.25, 0.3) is 0 Å². The molecule has 7 heteroatoms. The highest BCUT2D eigenvalue weighted by atomic mass is 32.1. The molecule has 148 valence electrons. The summed E-state index contributed by atoms with van der Waals surface area (Å²) in [5.74, 6) is -0.803. The minimum absolute atomic E-state index is 0.178. The largest absolute Gasteiger partial charge is 0.450 e. The van der Waals surface area contributed by atoms with Gasteiger partial charge in [0.15, 0.2) is 0 Å². The third-order valence-corrected chi connectivity index (χ3v) is 5.85. The van der Waals surface area contributed by atoms with E-state index in [4.69, 9.17) is 4.74 Å². The zero-order chi connectivity index (χ0) is 20.1. The Hall–Kier alpha value is -2.67. The highest BCUT2D eigenvalue weighted by Gasteiger charge is 2.27. The lowest BCUT2D eigenvalue weighted by atomic mass is 10.0. The molecule has 0 saturated heterocycles. The molecule has 0 atom stereocenters. The number of fused-ring (bicyclic) bond motifs is 1. The summed E-state index contributed by atoms with van der Waals surface area (Å²) in [4.78, 5) is 38.4. The smallest absolute Gasteiger partial charge is 0.414 e. The van der Waals surface area contributed by atoms with Crippen molar-refractivity contribution < 1.29 is 19.1 Å². The molecule has 1 heterocycles. The predicted octanol–water partition coefficient (Wildman–Crippen LogP) is 4.46. The number of benzene rings is 1. The van der Waals surface area contributed by atoms with E-state index in [9.17, 15) is 14.4 Å². The van der Waals surface area contributed by atoms with Crippen molar-refractivity contribution >= 4 is 34.2 Å². The summed E-state index contributed by atoms with van der Waals surface area (Å²) in [6.07, 6.45) is 3.99. The second-order valence-corrected chi connectivity index (χ2v) is 7.87. The number of nitrogens with one attached hydrogen (secondary N) is 2. The van der Waals surface area contributed by atoms with Gasteiger partial charge in [-0.2, -0.15) is 0 Å². The Labute approximate surface area is 168 Å². The Morgan fingerprint density at radius 3 is 2.64 bits per heavy atom. The number of ether oxygens (including phenoxy) is 1. The Morgan fingerprint density at radius 2 is 1.89 bits per heavy atom. The highest BCUT2D eigenvalue weighted by molar-refractivity contribution is 7.17. The zero-order valence-electron chi connectivity index (χ0n) is 16.1. The van der Waals surface area contributed by atoms with Gasteiger partial charge in [-0.15, -0.1) is 11.3 Å². The molecule has 3 rings (SSSR count). The van der Waals surface area contributed by atoms with Crippen LogP contribution in [0.15, 0.2) is 24.3 Å². The first kappa shape index (κ1) is 20.1. The van der Waals surface area contributed by atoms with E-state index in [0.717, 1.165) is 48.1 Å². The summed E-state index contributed by atoms with van der Waals surface area (Å²) in [7, 11) is 0. The summed E-state index contributed by atoms with van der Waals surface area (Å²) in [5.41, 5.74) is 2.83. The molecular weight excluding hydrogens is 376 g/mol. The third kappa shape index (κ3) is 4.59. The second kappa shape index (κ2) is 9.01. The van der Waals surface area contributed by atoms with Crippen molar-refractivity contribution in [1.82, 2.24) is 5.32 Å². The number of aryl methyl sites for hydroxylation is 2. The van der Waals surface area contributed by atoms with Crippen LogP contribution >= 0.6 is 11.3 Å². The van der Waals surface area contributed by atoms with Gasteiger partial charge in [-0.25, -0.2) is 4.79 Å². The van der Waals surface area contributed by atoms with Gasteiger partial charge < -0.3 is 10.1 Å². The van der Waals surface area contributed by atoms with Crippen LogP contribution in [0, 0.1) is 6.92 Å². The van der Waals surface area contributed by atoms with E-state index in [1.54, 1.807) is 19.1 Å². The van der Waals surface area contributed by atoms with Gasteiger partial charge in [0.05, 0.1) is 12.2 Å². The number of alkyl carbamates (subject to hydrolysis) is 1. The number of carbonyl (C=O) groups excluding carboxylic acids is 3. The monoisotopic (exact) mass is 400 g/mol. The van der Waals surface area contributed by atoms with Crippen molar-refractivity contribution in [3.8, 4) is 0 Å². The van der Waals surface area contributed by atoms with Gasteiger partial charge in [0, 0.05) is 10.4 Å². The first-order valence-electron chi connectivity index (χ1n) is 9.50. The van der Waals surface area contributed by atoms with Crippen LogP contribution in [0.1, 0.15) is 62.9 Å². The van der Waals surface area contributed by atoms with Crippen molar-refractivity contribution in [3.63, 3.8) is 0 Å². The third-order valence-electron chi connectivity index (χ3n) is 4.65. The molecule has 0 aliphatic heterocycles. The Balaban J connectivity index is 1.92. The van der Waals surface area contributed by atoms with E-state index < -0.39 is 12.0 Å². The molecule has 0 unspecified atom stereocenters. The fraction of sp³-hybridized carbons (Fsp3) is 0.381. The normalized spacial score (nSPS) is 13.2. The van der Waals surface area contributed by atoms with Crippen LogP contribution in [0.3, 0.4) is 0 Å². The summed E-state index contributed by atoms with van der Waals surface area (Å²) < 4.78 is 4.83. The molecular formula is C21H24N2O4S. The number of imide groups is 1. The molecule has 0 saturated carbocycles. The maximum Gasteiger partial charge on any atom is 0.414 e. The Kier molecular flexibility index (Phi) is 6.46. The van der Waals surface area contributed by atoms with E-state index in [1.165, 1.54) is 11.3 Å². The van der Waals surface area contributed by atoms with Gasteiger partial charge in [-0.1, -0.05) is 24.1 Å². The molecule has 2 N–H and O–H groups in total. The number of rotatable bonds is 4. The molecule has 0 bridgehead atoms. The Morgan fingerprint density at radius 1 is 1.11 bits per heavy atom. The van der Waals surface area contributed by atoms with Gasteiger partial charge in [0.1, 0.15) is 5.00 Å². The van der Waals surface area contributed by atoms with Gasteiger partial charge >= 0.3 is 6.09 Å². The van der Waals surface area contributed by atoms with Crippen LogP contribution in [-0.2, 0) is 17.6 Å². The van der Waals surface area contributed by atoms with Crippen LogP contribution in [0.5, 0.6) is 0 Å². The lowest BCUT2D eigenvalue weighted by Crippen LogP contribution is -2.32. The maximum absolute atomic E-state index is 12.8. The van der Waals surface area contributed by atoms with Gasteiger partial charge in [-0.05, 0) is 57.2 Å². The number of carbonyl (C=O) groups is 3. The molecule has 0 spiro atoms. The van der Waals surface area contributed by atoms with E-state index in [1.807, 2.05) is 19.1 Å². The van der Waals surface area contributed by atoms with E-state index in [2.05, 4.69) is 10.6 Å². The molecule has 0 radical (unpaired) electrons. The molecule has 3 amide bonds. The minimum atomic E-state index is -0.781. The van der Waals surface area contributed by atoms with Gasteiger partial charge in [-0.3, -0.25) is 14.9 Å². The average molecular weight is 401 g/mol. The number of hydrogen-bond acceptors (Lipinski definition) is 5. The van der Waals surface area contributed by atoms with E-state index >= 15 is 0 Å². The number of hydrogen-bond donors (Lipinski definition) is 2. The van der Waals surface area contributed by atoms with Gasteiger partial charge in [0.25, 0.3) is 11.8 Å². The summed E-state index contributed by atoms with van der Waals surface area (Å²) in [5, 5.41) is 5.64. The average Bonchev–Trinajstić information content (AvgIpc) is 2.82. The summed E-state index contributed by atoms with van der Waals surface area (Å²) in [6, 6.07) is 7.27. The van der Waals surface area contributed by atoms with Crippen molar-refractivity contribution in [1.29, 1.82) is 0 Å². The number of anilines is 1.